The second-order valence-corrected chi connectivity index (χ2v) is 4.28. The Labute approximate surface area is 110 Å². The van der Waals surface area contributed by atoms with E-state index in [2.05, 4.69) is 24.6 Å². The van der Waals surface area contributed by atoms with E-state index in [0.29, 0.717) is 0 Å². The van der Waals surface area contributed by atoms with Crippen molar-refractivity contribution < 1.29 is 0 Å². The molecule has 0 saturated heterocycles. The van der Waals surface area contributed by atoms with Gasteiger partial charge in [-0.3, -0.25) is 4.98 Å². The normalized spacial score (nSPS) is 13.8. The van der Waals surface area contributed by atoms with E-state index in [1.165, 1.54) is 5.56 Å². The van der Waals surface area contributed by atoms with Gasteiger partial charge in [-0.1, -0.05) is 43.9 Å². The number of hydrogen-bond donors (Lipinski definition) is 1. The Bertz CT molecular complexity index is 427. The van der Waals surface area contributed by atoms with Crippen LogP contribution in [0.1, 0.15) is 31.5 Å². The molecular formula is C16H22N2. The fourth-order valence-corrected chi connectivity index (χ4v) is 1.62. The summed E-state index contributed by atoms with van der Waals surface area (Å²) in [6.07, 6.45) is 11.6. The molecule has 0 aromatic carbocycles. The van der Waals surface area contributed by atoms with Gasteiger partial charge in [0.25, 0.3) is 0 Å². The van der Waals surface area contributed by atoms with Crippen molar-refractivity contribution in [2.45, 2.75) is 32.7 Å². The van der Waals surface area contributed by atoms with Crippen LogP contribution < -0.4 is 5.73 Å². The maximum atomic E-state index is 5.93. The van der Waals surface area contributed by atoms with Crippen LogP contribution in [0.25, 0.3) is 5.57 Å². The Hall–Kier alpha value is -1.67. The van der Waals surface area contributed by atoms with Gasteiger partial charge in [-0.15, -0.1) is 0 Å². The van der Waals surface area contributed by atoms with Crippen LogP contribution in [0.3, 0.4) is 0 Å². The fraction of sp³-hybridized carbons (Fsp3) is 0.312. The van der Waals surface area contributed by atoms with Gasteiger partial charge in [-0.25, -0.2) is 0 Å². The van der Waals surface area contributed by atoms with E-state index in [0.717, 1.165) is 24.1 Å². The second-order valence-electron chi connectivity index (χ2n) is 4.28. The molecule has 1 rings (SSSR count). The molecule has 1 unspecified atom stereocenters. The smallest absolute Gasteiger partial charge is 0.0701 e. The average molecular weight is 242 g/mol. The van der Waals surface area contributed by atoms with Crippen LogP contribution in [-0.4, -0.2) is 11.0 Å². The molecule has 1 aromatic rings. The quantitative estimate of drug-likeness (QED) is 0.775. The maximum Gasteiger partial charge on any atom is 0.0701 e. The zero-order valence-electron chi connectivity index (χ0n) is 11.3. The molecule has 0 radical (unpaired) electrons. The molecule has 0 saturated carbocycles. The molecule has 0 aliphatic carbocycles. The topological polar surface area (TPSA) is 38.9 Å². The predicted molar refractivity (Wildman–Crippen MR) is 79.2 cm³/mol. The molecule has 1 heterocycles. The van der Waals surface area contributed by atoms with Crippen LogP contribution in [0, 0.1) is 0 Å². The largest absolute Gasteiger partial charge is 0.327 e. The predicted octanol–water partition coefficient (Wildman–Crippen LogP) is 3.51. The summed E-state index contributed by atoms with van der Waals surface area (Å²) in [6, 6.07) is 4.33. The summed E-state index contributed by atoms with van der Waals surface area (Å²) in [5, 5.41) is 0. The molecule has 0 spiro atoms. The highest BCUT2D eigenvalue weighted by atomic mass is 14.7. The number of allylic oxidation sites excluding steroid dienone is 5. The lowest BCUT2D eigenvalue weighted by Gasteiger charge is -2.08. The molecule has 0 aliphatic rings. The van der Waals surface area contributed by atoms with Crippen molar-refractivity contribution in [1.29, 1.82) is 0 Å². The van der Waals surface area contributed by atoms with Crippen LogP contribution in [0.15, 0.2) is 49.2 Å². The van der Waals surface area contributed by atoms with Crippen molar-refractivity contribution >= 4 is 5.57 Å². The highest BCUT2D eigenvalue weighted by molar-refractivity contribution is 5.72. The zero-order chi connectivity index (χ0) is 13.4. The molecule has 96 valence electrons. The number of nitrogens with zero attached hydrogens (tertiary/aromatic N) is 1. The van der Waals surface area contributed by atoms with E-state index >= 15 is 0 Å². The first-order valence-corrected chi connectivity index (χ1v) is 6.37. The molecule has 1 aromatic heterocycles. The molecule has 0 fully saturated rings. The number of pyridine rings is 1. The standard InChI is InChI=1S/C16H22N2/c1-4-7-8-14(5-2)16-10-9-13(12-18-16)11-15(17)6-3/h4-5,7-10,12,15H,2,6,11,17H2,1,3H3/b7-4-,14-8+. The minimum atomic E-state index is 0.218. The summed E-state index contributed by atoms with van der Waals surface area (Å²) in [5.41, 5.74) is 9.08. The summed E-state index contributed by atoms with van der Waals surface area (Å²) in [7, 11) is 0. The highest BCUT2D eigenvalue weighted by Gasteiger charge is 2.03. The molecule has 0 bridgehead atoms. The van der Waals surface area contributed by atoms with E-state index < -0.39 is 0 Å². The Morgan fingerprint density at radius 3 is 2.78 bits per heavy atom. The monoisotopic (exact) mass is 242 g/mol. The lowest BCUT2D eigenvalue weighted by molar-refractivity contribution is 0.645. The van der Waals surface area contributed by atoms with Gasteiger partial charge >= 0.3 is 0 Å². The van der Waals surface area contributed by atoms with Crippen LogP contribution in [0.2, 0.25) is 0 Å². The minimum absolute atomic E-state index is 0.218. The van der Waals surface area contributed by atoms with E-state index in [1.54, 1.807) is 0 Å². The SMILES string of the molecule is C=C/C(=C\C=C/C)c1ccc(CC(N)CC)cn1. The first-order valence-electron chi connectivity index (χ1n) is 6.37. The van der Waals surface area contributed by atoms with Crippen molar-refractivity contribution in [3.8, 4) is 0 Å². The summed E-state index contributed by atoms with van der Waals surface area (Å²) in [6.45, 7) is 7.90. The van der Waals surface area contributed by atoms with Gasteiger partial charge in [-0.05, 0) is 37.0 Å². The van der Waals surface area contributed by atoms with E-state index in [-0.39, 0.29) is 6.04 Å². The molecule has 1 atom stereocenters. The Balaban J connectivity index is 2.84. The molecular weight excluding hydrogens is 220 g/mol. The Kier molecular flexibility index (Phi) is 6.09. The van der Waals surface area contributed by atoms with Gasteiger partial charge in [0.05, 0.1) is 5.69 Å². The van der Waals surface area contributed by atoms with E-state index in [9.17, 15) is 0 Å². The van der Waals surface area contributed by atoms with Gasteiger partial charge in [0, 0.05) is 12.2 Å². The lowest BCUT2D eigenvalue weighted by atomic mass is 10.0. The fourth-order valence-electron chi connectivity index (χ4n) is 1.62. The molecule has 0 aliphatic heterocycles. The van der Waals surface area contributed by atoms with Gasteiger partial charge < -0.3 is 5.73 Å². The third-order valence-electron chi connectivity index (χ3n) is 2.83. The first-order chi connectivity index (χ1) is 8.71. The molecule has 2 N–H and O–H groups in total. The molecule has 2 nitrogen and oxygen atoms in total. The highest BCUT2D eigenvalue weighted by Crippen LogP contribution is 2.14. The lowest BCUT2D eigenvalue weighted by Crippen LogP contribution is -2.21. The number of nitrogens with two attached hydrogens (primary N) is 1. The summed E-state index contributed by atoms with van der Waals surface area (Å²) in [4.78, 5) is 4.46. The molecule has 0 amide bonds. The summed E-state index contributed by atoms with van der Waals surface area (Å²) >= 11 is 0. The Morgan fingerprint density at radius 1 is 1.50 bits per heavy atom. The molecule has 2 heteroatoms. The average Bonchev–Trinajstić information content (AvgIpc) is 2.41. The Morgan fingerprint density at radius 2 is 2.28 bits per heavy atom. The van der Waals surface area contributed by atoms with Crippen molar-refractivity contribution in [1.82, 2.24) is 4.98 Å². The van der Waals surface area contributed by atoms with Crippen molar-refractivity contribution in [3.63, 3.8) is 0 Å². The second kappa shape index (κ2) is 7.62. The maximum absolute atomic E-state index is 5.93. The van der Waals surface area contributed by atoms with Gasteiger partial charge in [-0.2, -0.15) is 0 Å². The summed E-state index contributed by atoms with van der Waals surface area (Å²) in [5.74, 6) is 0. The molecule has 18 heavy (non-hydrogen) atoms. The van der Waals surface area contributed by atoms with E-state index in [4.69, 9.17) is 5.73 Å². The third kappa shape index (κ3) is 4.30. The van der Waals surface area contributed by atoms with Crippen molar-refractivity contribution in [3.05, 3.63) is 60.5 Å². The minimum Gasteiger partial charge on any atom is -0.327 e. The van der Waals surface area contributed by atoms with Crippen LogP contribution >= 0.6 is 0 Å². The van der Waals surface area contributed by atoms with Crippen LogP contribution in [-0.2, 0) is 6.42 Å². The van der Waals surface area contributed by atoms with Gasteiger partial charge in [0.1, 0.15) is 0 Å². The van der Waals surface area contributed by atoms with Crippen molar-refractivity contribution in [2.75, 3.05) is 0 Å². The van der Waals surface area contributed by atoms with Crippen LogP contribution in [0.4, 0.5) is 0 Å². The number of aromatic nitrogens is 1. The number of rotatable bonds is 6. The van der Waals surface area contributed by atoms with Gasteiger partial charge in [0.2, 0.25) is 0 Å². The zero-order valence-corrected chi connectivity index (χ0v) is 11.3. The number of hydrogen-bond acceptors (Lipinski definition) is 2. The van der Waals surface area contributed by atoms with Crippen LogP contribution in [0.5, 0.6) is 0 Å². The summed E-state index contributed by atoms with van der Waals surface area (Å²) < 4.78 is 0. The van der Waals surface area contributed by atoms with E-state index in [1.807, 2.05) is 43.5 Å². The van der Waals surface area contributed by atoms with Crippen molar-refractivity contribution in [2.24, 2.45) is 5.73 Å². The first kappa shape index (κ1) is 14.4. The third-order valence-corrected chi connectivity index (χ3v) is 2.83. The van der Waals surface area contributed by atoms with Gasteiger partial charge in [0.15, 0.2) is 0 Å².